The summed E-state index contributed by atoms with van der Waals surface area (Å²) in [5.74, 6) is -0.570. The zero-order valence-electron chi connectivity index (χ0n) is 16.5. The lowest BCUT2D eigenvalue weighted by atomic mass is 10.1. The molecule has 6 nitrogen and oxygen atoms in total. The van der Waals surface area contributed by atoms with E-state index >= 15 is 0 Å². The molecule has 2 aromatic carbocycles. The fourth-order valence-electron chi connectivity index (χ4n) is 3.40. The number of ether oxygens (including phenoxy) is 1. The predicted molar refractivity (Wildman–Crippen MR) is 110 cm³/mol. The summed E-state index contributed by atoms with van der Waals surface area (Å²) in [6.07, 6.45) is 2.50. The highest BCUT2D eigenvalue weighted by molar-refractivity contribution is 5.97. The van der Waals surface area contributed by atoms with Gasteiger partial charge >= 0.3 is 0 Å². The summed E-state index contributed by atoms with van der Waals surface area (Å²) >= 11 is 0. The number of rotatable bonds is 8. The molecule has 0 saturated carbocycles. The fourth-order valence-corrected chi connectivity index (χ4v) is 3.40. The maximum atomic E-state index is 14.0. The summed E-state index contributed by atoms with van der Waals surface area (Å²) < 4.78 is 19.1. The largest absolute Gasteiger partial charge is 0.497 e. The molecule has 1 heterocycles. The third kappa shape index (κ3) is 6.29. The van der Waals surface area contributed by atoms with Gasteiger partial charge in [-0.2, -0.15) is 0 Å². The average molecular weight is 399 g/mol. The molecule has 1 saturated heterocycles. The first-order chi connectivity index (χ1) is 14.0. The molecule has 1 fully saturated rings. The van der Waals surface area contributed by atoms with Crippen molar-refractivity contribution in [2.24, 2.45) is 0 Å². The molecular weight excluding hydrogens is 373 g/mol. The number of likely N-dealkylation sites (tertiary alicyclic amines) is 1. The molecule has 29 heavy (non-hydrogen) atoms. The lowest BCUT2D eigenvalue weighted by Gasteiger charge is -2.15. The minimum atomic E-state index is -0.575. The number of carbonyl (C=O) groups excluding carboxylic acids is 2. The predicted octanol–water partition coefficient (Wildman–Crippen LogP) is 2.84. The number of amides is 2. The Hall–Kier alpha value is -2.93. The van der Waals surface area contributed by atoms with Crippen LogP contribution in [0.15, 0.2) is 42.5 Å². The number of anilines is 1. The van der Waals surface area contributed by atoms with Gasteiger partial charge in [0.15, 0.2) is 0 Å². The lowest BCUT2D eigenvalue weighted by molar-refractivity contribution is -0.115. The van der Waals surface area contributed by atoms with Crippen LogP contribution in [0.2, 0.25) is 0 Å². The number of methoxy groups -OCH3 is 1. The van der Waals surface area contributed by atoms with Crippen LogP contribution in [0.3, 0.4) is 0 Å². The third-order valence-corrected chi connectivity index (χ3v) is 4.85. The zero-order valence-corrected chi connectivity index (χ0v) is 16.5. The fraction of sp³-hybridized carbons (Fsp3) is 0.364. The first-order valence-corrected chi connectivity index (χ1v) is 9.77. The molecule has 0 spiro atoms. The second-order valence-corrected chi connectivity index (χ2v) is 7.11. The number of halogens is 1. The second-order valence-electron chi connectivity index (χ2n) is 7.11. The Morgan fingerprint density at radius 1 is 1.14 bits per heavy atom. The molecule has 1 aliphatic rings. The summed E-state index contributed by atoms with van der Waals surface area (Å²) in [5.41, 5.74) is 1.21. The number of carbonyl (C=O) groups is 2. The van der Waals surface area contributed by atoms with Crippen molar-refractivity contribution in [3.05, 3.63) is 59.4 Å². The van der Waals surface area contributed by atoms with Gasteiger partial charge in [0.2, 0.25) is 5.91 Å². The van der Waals surface area contributed by atoms with Crippen LogP contribution in [0.5, 0.6) is 5.75 Å². The van der Waals surface area contributed by atoms with E-state index in [4.69, 9.17) is 4.74 Å². The molecule has 0 aliphatic carbocycles. The third-order valence-electron chi connectivity index (χ3n) is 4.85. The number of nitrogens with zero attached hydrogens (tertiary/aromatic N) is 1. The van der Waals surface area contributed by atoms with Crippen molar-refractivity contribution < 1.29 is 18.7 Å². The Morgan fingerprint density at radius 3 is 2.69 bits per heavy atom. The van der Waals surface area contributed by atoms with E-state index in [0.29, 0.717) is 12.3 Å². The van der Waals surface area contributed by atoms with E-state index in [1.807, 2.05) is 6.07 Å². The molecule has 2 aromatic rings. The van der Waals surface area contributed by atoms with Crippen molar-refractivity contribution in [3.8, 4) is 5.75 Å². The second kappa shape index (κ2) is 10.0. The number of benzene rings is 2. The smallest absolute Gasteiger partial charge is 0.251 e. The van der Waals surface area contributed by atoms with Crippen molar-refractivity contribution >= 4 is 17.5 Å². The first kappa shape index (κ1) is 20.8. The highest BCUT2D eigenvalue weighted by atomic mass is 19.1. The van der Waals surface area contributed by atoms with Crippen LogP contribution >= 0.6 is 0 Å². The van der Waals surface area contributed by atoms with Crippen molar-refractivity contribution in [1.29, 1.82) is 0 Å². The Bertz CT molecular complexity index is 866. The van der Waals surface area contributed by atoms with Gasteiger partial charge in [-0.05, 0) is 61.8 Å². The van der Waals surface area contributed by atoms with Crippen molar-refractivity contribution in [2.75, 3.05) is 38.6 Å². The van der Waals surface area contributed by atoms with Crippen LogP contribution in [0.4, 0.5) is 10.1 Å². The van der Waals surface area contributed by atoms with Crippen LogP contribution in [-0.4, -0.2) is 50.0 Å². The van der Waals surface area contributed by atoms with E-state index in [-0.39, 0.29) is 29.5 Å². The molecular formula is C22H26FN3O3. The Kier molecular flexibility index (Phi) is 7.19. The monoisotopic (exact) mass is 399 g/mol. The first-order valence-electron chi connectivity index (χ1n) is 9.77. The van der Waals surface area contributed by atoms with Crippen LogP contribution in [0.25, 0.3) is 0 Å². The molecule has 0 radical (unpaired) electrons. The lowest BCUT2D eigenvalue weighted by Crippen LogP contribution is -2.33. The number of hydrogen-bond donors (Lipinski definition) is 2. The van der Waals surface area contributed by atoms with E-state index in [1.165, 1.54) is 31.0 Å². The van der Waals surface area contributed by atoms with Gasteiger partial charge < -0.3 is 20.3 Å². The summed E-state index contributed by atoms with van der Waals surface area (Å²) in [6, 6.07) is 11.0. The van der Waals surface area contributed by atoms with Gasteiger partial charge in [0.05, 0.1) is 13.5 Å². The van der Waals surface area contributed by atoms with Gasteiger partial charge in [0.25, 0.3) is 5.91 Å². The Labute approximate surface area is 170 Å². The van der Waals surface area contributed by atoms with E-state index in [9.17, 15) is 14.0 Å². The van der Waals surface area contributed by atoms with Crippen molar-refractivity contribution in [1.82, 2.24) is 10.2 Å². The van der Waals surface area contributed by atoms with E-state index in [2.05, 4.69) is 15.5 Å². The van der Waals surface area contributed by atoms with Crippen LogP contribution in [0, 0.1) is 5.82 Å². The van der Waals surface area contributed by atoms with Gasteiger partial charge in [-0.15, -0.1) is 0 Å². The molecule has 2 amide bonds. The summed E-state index contributed by atoms with van der Waals surface area (Å²) in [6.45, 7) is 3.40. The SMILES string of the molecule is COc1cccc(CC(=O)Nc2cc(F)cc(C(=O)NCCN3CCCC3)c2)c1. The average Bonchev–Trinajstić information content (AvgIpc) is 3.21. The van der Waals surface area contributed by atoms with Gasteiger partial charge in [-0.3, -0.25) is 9.59 Å². The molecule has 2 N–H and O–H groups in total. The van der Waals surface area contributed by atoms with Crippen molar-refractivity contribution in [2.45, 2.75) is 19.3 Å². The van der Waals surface area contributed by atoms with Gasteiger partial charge in [0.1, 0.15) is 11.6 Å². The molecule has 0 unspecified atom stereocenters. The van der Waals surface area contributed by atoms with Gasteiger partial charge in [-0.25, -0.2) is 4.39 Å². The molecule has 7 heteroatoms. The minimum absolute atomic E-state index is 0.116. The quantitative estimate of drug-likeness (QED) is 0.716. The molecule has 0 aromatic heterocycles. The topological polar surface area (TPSA) is 70.7 Å². The van der Waals surface area contributed by atoms with Crippen LogP contribution < -0.4 is 15.4 Å². The van der Waals surface area contributed by atoms with Gasteiger partial charge in [-0.1, -0.05) is 12.1 Å². The Balaban J connectivity index is 1.57. The van der Waals surface area contributed by atoms with E-state index in [1.54, 1.807) is 25.3 Å². The molecule has 1 aliphatic heterocycles. The standard InChI is InChI=1S/C22H26FN3O3/c1-29-20-6-4-5-16(11-20)12-21(27)25-19-14-17(13-18(23)15-19)22(28)24-7-10-26-8-2-3-9-26/h4-6,11,13-15H,2-3,7-10,12H2,1H3,(H,24,28)(H,25,27). The summed E-state index contributed by atoms with van der Waals surface area (Å²) in [7, 11) is 1.56. The zero-order chi connectivity index (χ0) is 20.6. The van der Waals surface area contributed by atoms with Crippen LogP contribution in [-0.2, 0) is 11.2 Å². The maximum absolute atomic E-state index is 14.0. The van der Waals surface area contributed by atoms with E-state index in [0.717, 1.165) is 25.2 Å². The molecule has 0 bridgehead atoms. The number of hydrogen-bond acceptors (Lipinski definition) is 4. The van der Waals surface area contributed by atoms with Crippen molar-refractivity contribution in [3.63, 3.8) is 0 Å². The van der Waals surface area contributed by atoms with E-state index < -0.39 is 5.82 Å². The molecule has 154 valence electrons. The number of nitrogens with one attached hydrogen (secondary N) is 2. The van der Waals surface area contributed by atoms with Crippen LogP contribution in [0.1, 0.15) is 28.8 Å². The minimum Gasteiger partial charge on any atom is -0.497 e. The highest BCUT2D eigenvalue weighted by Gasteiger charge is 2.14. The highest BCUT2D eigenvalue weighted by Crippen LogP contribution is 2.17. The molecule has 3 rings (SSSR count). The molecule has 0 atom stereocenters. The summed E-state index contributed by atoms with van der Waals surface area (Å²) in [4.78, 5) is 26.9. The normalized spacial score (nSPS) is 13.9. The summed E-state index contributed by atoms with van der Waals surface area (Å²) in [5, 5.41) is 5.47. The Morgan fingerprint density at radius 2 is 1.93 bits per heavy atom. The maximum Gasteiger partial charge on any atom is 0.251 e. The van der Waals surface area contributed by atoms with Gasteiger partial charge in [0, 0.05) is 24.3 Å².